The van der Waals surface area contributed by atoms with E-state index in [-0.39, 0.29) is 5.91 Å². The van der Waals surface area contributed by atoms with E-state index in [1.807, 2.05) is 61.7 Å². The Morgan fingerprint density at radius 2 is 1.80 bits per heavy atom. The van der Waals surface area contributed by atoms with E-state index in [1.165, 1.54) is 0 Å². The van der Waals surface area contributed by atoms with Gasteiger partial charge in [0.05, 0.1) is 5.69 Å². The molecule has 0 spiro atoms. The van der Waals surface area contributed by atoms with Crippen molar-refractivity contribution in [1.82, 2.24) is 0 Å². The number of thioether (sulfide) groups is 1. The van der Waals surface area contributed by atoms with Crippen LogP contribution in [0.25, 0.3) is 0 Å². The van der Waals surface area contributed by atoms with Gasteiger partial charge in [-0.25, -0.2) is 0 Å². The molecule has 4 heteroatoms. The first kappa shape index (κ1) is 14.5. The number of nitrogens with one attached hydrogen (secondary N) is 2. The van der Waals surface area contributed by atoms with E-state index in [1.54, 1.807) is 11.8 Å². The molecule has 1 amide bonds. The molecule has 0 aliphatic heterocycles. The predicted octanol–water partition coefficient (Wildman–Crippen LogP) is 4.09. The molecule has 0 saturated heterocycles. The lowest BCUT2D eigenvalue weighted by Crippen LogP contribution is -2.12. The Labute approximate surface area is 123 Å². The summed E-state index contributed by atoms with van der Waals surface area (Å²) < 4.78 is 0. The number of carbonyl (C=O) groups excluding carboxylic acids is 1. The molecule has 0 aliphatic rings. The van der Waals surface area contributed by atoms with Gasteiger partial charge >= 0.3 is 0 Å². The highest BCUT2D eigenvalue weighted by atomic mass is 32.2. The number of hydrogen-bond donors (Lipinski definition) is 2. The third-order valence-electron chi connectivity index (χ3n) is 2.88. The molecule has 0 bridgehead atoms. The third-order valence-corrected chi connectivity index (χ3v) is 3.68. The maximum absolute atomic E-state index is 12.2. The molecule has 0 radical (unpaired) electrons. The van der Waals surface area contributed by atoms with Crippen molar-refractivity contribution in [1.29, 1.82) is 0 Å². The Morgan fingerprint density at radius 1 is 1.10 bits per heavy atom. The smallest absolute Gasteiger partial charge is 0.255 e. The summed E-state index contributed by atoms with van der Waals surface area (Å²) in [4.78, 5) is 13.3. The van der Waals surface area contributed by atoms with E-state index in [0.29, 0.717) is 5.56 Å². The maximum atomic E-state index is 12.2. The summed E-state index contributed by atoms with van der Waals surface area (Å²) in [6.45, 7) is 2.91. The summed E-state index contributed by atoms with van der Waals surface area (Å²) in [6, 6.07) is 15.3. The van der Waals surface area contributed by atoms with E-state index >= 15 is 0 Å². The molecule has 104 valence electrons. The minimum Gasteiger partial charge on any atom is -0.385 e. The zero-order chi connectivity index (χ0) is 14.4. The molecule has 2 aromatic carbocycles. The first-order valence-electron chi connectivity index (χ1n) is 6.53. The molecule has 0 fully saturated rings. The summed E-state index contributed by atoms with van der Waals surface area (Å²) in [5.74, 6) is -0.0884. The fourth-order valence-electron chi connectivity index (χ4n) is 1.89. The van der Waals surface area contributed by atoms with Crippen LogP contribution in [0.1, 0.15) is 17.3 Å². The molecule has 2 rings (SSSR count). The number of hydrogen-bond acceptors (Lipinski definition) is 3. The highest BCUT2D eigenvalue weighted by molar-refractivity contribution is 7.98. The van der Waals surface area contributed by atoms with Gasteiger partial charge in [-0.05, 0) is 49.6 Å². The predicted molar refractivity (Wildman–Crippen MR) is 86.8 cm³/mol. The normalized spacial score (nSPS) is 10.1. The Kier molecular flexibility index (Phi) is 5.07. The third kappa shape index (κ3) is 3.54. The maximum Gasteiger partial charge on any atom is 0.255 e. The van der Waals surface area contributed by atoms with Crippen molar-refractivity contribution in [3.63, 3.8) is 0 Å². The monoisotopic (exact) mass is 286 g/mol. The van der Waals surface area contributed by atoms with Crippen LogP contribution in [-0.4, -0.2) is 18.7 Å². The van der Waals surface area contributed by atoms with Crippen LogP contribution in [0, 0.1) is 0 Å². The average molecular weight is 286 g/mol. The lowest BCUT2D eigenvalue weighted by molar-refractivity contribution is 0.102. The molecule has 3 nitrogen and oxygen atoms in total. The summed E-state index contributed by atoms with van der Waals surface area (Å²) >= 11 is 1.62. The second kappa shape index (κ2) is 7.01. The van der Waals surface area contributed by atoms with Crippen molar-refractivity contribution in [2.75, 3.05) is 23.4 Å². The Morgan fingerprint density at radius 3 is 2.45 bits per heavy atom. The Bertz CT molecular complexity index is 581. The molecule has 2 aromatic rings. The highest BCUT2D eigenvalue weighted by Gasteiger charge is 2.08. The number of rotatable bonds is 5. The summed E-state index contributed by atoms with van der Waals surface area (Å²) in [6.07, 6.45) is 2.00. The van der Waals surface area contributed by atoms with E-state index in [2.05, 4.69) is 10.6 Å². The van der Waals surface area contributed by atoms with Gasteiger partial charge in [-0.1, -0.05) is 12.1 Å². The van der Waals surface area contributed by atoms with Crippen molar-refractivity contribution in [2.45, 2.75) is 11.8 Å². The zero-order valence-electron chi connectivity index (χ0n) is 11.6. The van der Waals surface area contributed by atoms with Crippen LogP contribution in [0.15, 0.2) is 53.4 Å². The molecule has 0 unspecified atom stereocenters. The minimum absolute atomic E-state index is 0.0884. The minimum atomic E-state index is -0.0884. The topological polar surface area (TPSA) is 41.1 Å². The van der Waals surface area contributed by atoms with Crippen LogP contribution in [0.4, 0.5) is 11.4 Å². The molecule has 0 atom stereocenters. The van der Waals surface area contributed by atoms with Crippen LogP contribution >= 0.6 is 11.8 Å². The fraction of sp³-hybridized carbons (Fsp3) is 0.188. The van der Waals surface area contributed by atoms with Crippen molar-refractivity contribution in [3.8, 4) is 0 Å². The van der Waals surface area contributed by atoms with E-state index in [9.17, 15) is 4.79 Å². The van der Waals surface area contributed by atoms with Gasteiger partial charge in [0.15, 0.2) is 0 Å². The molecule has 0 aliphatic carbocycles. The lowest BCUT2D eigenvalue weighted by Gasteiger charge is -2.10. The van der Waals surface area contributed by atoms with Crippen LogP contribution in [0.2, 0.25) is 0 Å². The van der Waals surface area contributed by atoms with Crippen molar-refractivity contribution in [2.24, 2.45) is 0 Å². The van der Waals surface area contributed by atoms with Gasteiger partial charge in [0.25, 0.3) is 5.91 Å². The van der Waals surface area contributed by atoms with Crippen LogP contribution in [0.5, 0.6) is 0 Å². The first-order chi connectivity index (χ1) is 9.74. The Balaban J connectivity index is 2.11. The SMILES string of the molecule is CCNc1ccc(C(=O)Nc2ccccc2SC)cc1. The van der Waals surface area contributed by atoms with Gasteiger partial charge in [0.1, 0.15) is 0 Å². The second-order valence-electron chi connectivity index (χ2n) is 4.26. The lowest BCUT2D eigenvalue weighted by atomic mass is 10.2. The molecule has 2 N–H and O–H groups in total. The van der Waals surface area contributed by atoms with Crippen LogP contribution in [-0.2, 0) is 0 Å². The second-order valence-corrected chi connectivity index (χ2v) is 5.11. The first-order valence-corrected chi connectivity index (χ1v) is 7.75. The van der Waals surface area contributed by atoms with Gasteiger partial charge in [0.2, 0.25) is 0 Å². The largest absolute Gasteiger partial charge is 0.385 e. The van der Waals surface area contributed by atoms with Gasteiger partial charge in [0, 0.05) is 22.7 Å². The standard InChI is InChI=1S/C16H18N2OS/c1-3-17-13-10-8-12(9-11-13)16(19)18-14-6-4-5-7-15(14)20-2/h4-11,17H,3H2,1-2H3,(H,18,19). The van der Waals surface area contributed by atoms with Crippen molar-refractivity contribution in [3.05, 3.63) is 54.1 Å². The van der Waals surface area contributed by atoms with E-state index in [4.69, 9.17) is 0 Å². The molecule has 0 saturated carbocycles. The van der Waals surface area contributed by atoms with E-state index in [0.717, 1.165) is 22.8 Å². The fourth-order valence-corrected chi connectivity index (χ4v) is 2.44. The van der Waals surface area contributed by atoms with Crippen LogP contribution in [0.3, 0.4) is 0 Å². The average Bonchev–Trinajstić information content (AvgIpc) is 2.49. The highest BCUT2D eigenvalue weighted by Crippen LogP contribution is 2.25. The summed E-state index contributed by atoms with van der Waals surface area (Å²) in [5.41, 5.74) is 2.52. The molecule has 0 heterocycles. The van der Waals surface area contributed by atoms with Crippen molar-refractivity contribution < 1.29 is 4.79 Å². The molecular weight excluding hydrogens is 268 g/mol. The number of carbonyl (C=O) groups is 1. The van der Waals surface area contributed by atoms with Gasteiger partial charge < -0.3 is 10.6 Å². The van der Waals surface area contributed by atoms with Gasteiger partial charge in [-0.3, -0.25) is 4.79 Å². The summed E-state index contributed by atoms with van der Waals surface area (Å²) in [7, 11) is 0. The van der Waals surface area contributed by atoms with Crippen LogP contribution < -0.4 is 10.6 Å². The van der Waals surface area contributed by atoms with E-state index < -0.39 is 0 Å². The number of para-hydroxylation sites is 1. The zero-order valence-corrected chi connectivity index (χ0v) is 12.5. The number of amides is 1. The van der Waals surface area contributed by atoms with Gasteiger partial charge in [-0.15, -0.1) is 11.8 Å². The quantitative estimate of drug-likeness (QED) is 0.813. The number of anilines is 2. The molecule has 0 aromatic heterocycles. The Hall–Kier alpha value is -1.94. The van der Waals surface area contributed by atoms with Gasteiger partial charge in [-0.2, -0.15) is 0 Å². The van der Waals surface area contributed by atoms with Crippen molar-refractivity contribution >= 4 is 29.0 Å². The molecular formula is C16H18N2OS. The molecule has 20 heavy (non-hydrogen) atoms. The number of benzene rings is 2. The summed E-state index contributed by atoms with van der Waals surface area (Å²) in [5, 5.41) is 6.16.